The zero-order valence-corrected chi connectivity index (χ0v) is 13.3. The number of nitrogens with zero attached hydrogens (tertiary/aromatic N) is 2. The molecule has 0 radical (unpaired) electrons. The summed E-state index contributed by atoms with van der Waals surface area (Å²) in [6.07, 6.45) is 6.90. The average Bonchev–Trinajstić information content (AvgIpc) is 3.23. The third kappa shape index (κ3) is 2.67. The lowest BCUT2D eigenvalue weighted by Crippen LogP contribution is -2.45. The van der Waals surface area contributed by atoms with E-state index in [2.05, 4.69) is 34.1 Å². The van der Waals surface area contributed by atoms with E-state index in [1.54, 1.807) is 0 Å². The lowest BCUT2D eigenvalue weighted by atomic mass is 9.94. The van der Waals surface area contributed by atoms with Crippen molar-refractivity contribution >= 4 is 5.91 Å². The molecule has 2 aliphatic heterocycles. The Balaban J connectivity index is 1.32. The van der Waals surface area contributed by atoms with Crippen LogP contribution in [0.25, 0.3) is 0 Å². The number of likely N-dealkylation sites (tertiary alicyclic amines) is 2. The summed E-state index contributed by atoms with van der Waals surface area (Å²) in [5, 5.41) is 0. The van der Waals surface area contributed by atoms with Gasteiger partial charge in [-0.2, -0.15) is 0 Å². The standard InChI is InChI=1S/C19H26N2O/c22-19(21-9-3-4-10-21)15-7-11-20(12-8-15)18-13-16-5-1-2-6-17(16)14-18/h1-2,5-6,15,18H,3-4,7-14H2. The molecule has 3 aliphatic rings. The molecule has 3 nitrogen and oxygen atoms in total. The summed E-state index contributed by atoms with van der Waals surface area (Å²) in [6.45, 7) is 4.19. The first-order valence-corrected chi connectivity index (χ1v) is 8.91. The minimum Gasteiger partial charge on any atom is -0.342 e. The van der Waals surface area contributed by atoms with Crippen molar-refractivity contribution in [1.29, 1.82) is 0 Å². The number of piperidine rings is 1. The quantitative estimate of drug-likeness (QED) is 0.837. The molecule has 0 spiro atoms. The van der Waals surface area contributed by atoms with Crippen LogP contribution in [0.15, 0.2) is 24.3 Å². The monoisotopic (exact) mass is 298 g/mol. The second-order valence-corrected chi connectivity index (χ2v) is 7.17. The maximum atomic E-state index is 12.5. The van der Waals surface area contributed by atoms with Crippen molar-refractivity contribution in [2.45, 2.75) is 44.6 Å². The van der Waals surface area contributed by atoms with Gasteiger partial charge in [0.15, 0.2) is 0 Å². The number of fused-ring (bicyclic) bond motifs is 1. The van der Waals surface area contributed by atoms with E-state index < -0.39 is 0 Å². The van der Waals surface area contributed by atoms with Crippen molar-refractivity contribution in [1.82, 2.24) is 9.80 Å². The van der Waals surface area contributed by atoms with E-state index >= 15 is 0 Å². The summed E-state index contributed by atoms with van der Waals surface area (Å²) < 4.78 is 0. The first-order valence-electron chi connectivity index (χ1n) is 8.91. The molecule has 1 aliphatic carbocycles. The molecule has 118 valence electrons. The number of rotatable bonds is 2. The maximum Gasteiger partial charge on any atom is 0.225 e. The van der Waals surface area contributed by atoms with Crippen LogP contribution in [-0.2, 0) is 17.6 Å². The van der Waals surface area contributed by atoms with Gasteiger partial charge in [0, 0.05) is 25.0 Å². The molecule has 22 heavy (non-hydrogen) atoms. The van der Waals surface area contributed by atoms with Gasteiger partial charge in [-0.3, -0.25) is 9.69 Å². The van der Waals surface area contributed by atoms with Gasteiger partial charge in [-0.25, -0.2) is 0 Å². The highest BCUT2D eigenvalue weighted by Crippen LogP contribution is 2.29. The highest BCUT2D eigenvalue weighted by molar-refractivity contribution is 5.79. The first kappa shape index (κ1) is 14.3. The number of carbonyl (C=O) groups is 1. The zero-order valence-electron chi connectivity index (χ0n) is 13.3. The highest BCUT2D eigenvalue weighted by atomic mass is 16.2. The SMILES string of the molecule is O=C(C1CCN(C2Cc3ccccc3C2)CC1)N1CCCC1. The van der Waals surface area contributed by atoms with Gasteiger partial charge in [0.25, 0.3) is 0 Å². The normalized spacial score (nSPS) is 23.9. The zero-order chi connectivity index (χ0) is 14.9. The van der Waals surface area contributed by atoms with Crippen LogP contribution in [0.4, 0.5) is 0 Å². The molecule has 2 saturated heterocycles. The van der Waals surface area contributed by atoms with Crippen molar-refractivity contribution in [3.05, 3.63) is 35.4 Å². The second kappa shape index (κ2) is 6.04. The molecule has 3 heteroatoms. The molecule has 0 unspecified atom stereocenters. The van der Waals surface area contributed by atoms with E-state index in [-0.39, 0.29) is 5.92 Å². The maximum absolute atomic E-state index is 12.5. The van der Waals surface area contributed by atoms with Crippen LogP contribution >= 0.6 is 0 Å². The van der Waals surface area contributed by atoms with Crippen LogP contribution in [0.1, 0.15) is 36.8 Å². The molecule has 0 N–H and O–H groups in total. The van der Waals surface area contributed by atoms with Gasteiger partial charge in [0.2, 0.25) is 5.91 Å². The molecule has 2 heterocycles. The van der Waals surface area contributed by atoms with Gasteiger partial charge < -0.3 is 4.90 Å². The fourth-order valence-corrected chi connectivity index (χ4v) is 4.50. The van der Waals surface area contributed by atoms with Crippen LogP contribution in [0, 0.1) is 5.92 Å². The van der Waals surface area contributed by atoms with Gasteiger partial charge >= 0.3 is 0 Å². The number of hydrogen-bond acceptors (Lipinski definition) is 2. The number of hydrogen-bond donors (Lipinski definition) is 0. The van der Waals surface area contributed by atoms with Crippen molar-refractivity contribution in [3.63, 3.8) is 0 Å². The summed E-state index contributed by atoms with van der Waals surface area (Å²) in [4.78, 5) is 17.2. The third-order valence-corrected chi connectivity index (χ3v) is 5.84. The predicted molar refractivity (Wildman–Crippen MR) is 87.7 cm³/mol. The van der Waals surface area contributed by atoms with Gasteiger partial charge in [-0.15, -0.1) is 0 Å². The van der Waals surface area contributed by atoms with Crippen LogP contribution in [0.3, 0.4) is 0 Å². The largest absolute Gasteiger partial charge is 0.342 e. The van der Waals surface area contributed by atoms with E-state index in [0.717, 1.165) is 39.0 Å². The Bertz CT molecular complexity index is 517. The highest BCUT2D eigenvalue weighted by Gasteiger charge is 2.33. The van der Waals surface area contributed by atoms with Crippen LogP contribution in [0.5, 0.6) is 0 Å². The van der Waals surface area contributed by atoms with Crippen molar-refractivity contribution < 1.29 is 4.79 Å². The second-order valence-electron chi connectivity index (χ2n) is 7.17. The van der Waals surface area contributed by atoms with Gasteiger partial charge in [0.1, 0.15) is 0 Å². The Kier molecular flexibility index (Phi) is 3.91. The fraction of sp³-hybridized carbons (Fsp3) is 0.632. The van der Waals surface area contributed by atoms with E-state index in [1.807, 2.05) is 0 Å². The topological polar surface area (TPSA) is 23.6 Å². The molecule has 2 fully saturated rings. The molecular formula is C19H26N2O. The van der Waals surface area contributed by atoms with Crippen LogP contribution in [0.2, 0.25) is 0 Å². The number of amides is 1. The summed E-state index contributed by atoms with van der Waals surface area (Å²) >= 11 is 0. The number of benzene rings is 1. The van der Waals surface area contributed by atoms with E-state index in [4.69, 9.17) is 0 Å². The smallest absolute Gasteiger partial charge is 0.225 e. The summed E-state index contributed by atoms with van der Waals surface area (Å²) in [6, 6.07) is 9.53. The first-order chi connectivity index (χ1) is 10.8. The molecule has 1 aromatic carbocycles. The summed E-state index contributed by atoms with van der Waals surface area (Å²) in [5.74, 6) is 0.727. The Labute approximate surface area is 133 Å². The van der Waals surface area contributed by atoms with Gasteiger partial charge in [-0.1, -0.05) is 24.3 Å². The van der Waals surface area contributed by atoms with E-state index in [1.165, 1.54) is 36.8 Å². The molecule has 0 bridgehead atoms. The molecule has 0 saturated carbocycles. The molecule has 4 rings (SSSR count). The molecular weight excluding hydrogens is 272 g/mol. The fourth-order valence-electron chi connectivity index (χ4n) is 4.50. The Hall–Kier alpha value is -1.35. The summed E-state index contributed by atoms with van der Waals surface area (Å²) in [7, 11) is 0. The average molecular weight is 298 g/mol. The van der Waals surface area contributed by atoms with Crippen molar-refractivity contribution in [3.8, 4) is 0 Å². The van der Waals surface area contributed by atoms with Crippen LogP contribution < -0.4 is 0 Å². The molecule has 1 amide bonds. The van der Waals surface area contributed by atoms with Gasteiger partial charge in [0.05, 0.1) is 0 Å². The Morgan fingerprint density at radius 2 is 1.50 bits per heavy atom. The summed E-state index contributed by atoms with van der Waals surface area (Å²) in [5.41, 5.74) is 3.06. The van der Waals surface area contributed by atoms with E-state index in [9.17, 15) is 4.79 Å². The number of carbonyl (C=O) groups excluding carboxylic acids is 1. The third-order valence-electron chi connectivity index (χ3n) is 5.84. The predicted octanol–water partition coefficient (Wildman–Crippen LogP) is 2.49. The Morgan fingerprint density at radius 3 is 2.09 bits per heavy atom. The molecule has 0 atom stereocenters. The lowest BCUT2D eigenvalue weighted by Gasteiger charge is -2.36. The van der Waals surface area contributed by atoms with Crippen molar-refractivity contribution in [2.75, 3.05) is 26.2 Å². The van der Waals surface area contributed by atoms with Crippen LogP contribution in [-0.4, -0.2) is 47.9 Å². The lowest BCUT2D eigenvalue weighted by molar-refractivity contribution is -0.136. The van der Waals surface area contributed by atoms with E-state index in [0.29, 0.717) is 11.9 Å². The minimum atomic E-state index is 0.290. The van der Waals surface area contributed by atoms with Crippen molar-refractivity contribution in [2.24, 2.45) is 5.92 Å². The van der Waals surface area contributed by atoms with Gasteiger partial charge in [-0.05, 0) is 62.7 Å². The molecule has 1 aromatic rings. The Morgan fingerprint density at radius 1 is 0.909 bits per heavy atom. The molecule has 0 aromatic heterocycles. The minimum absolute atomic E-state index is 0.290.